The molecule has 0 N–H and O–H groups in total. The van der Waals surface area contributed by atoms with Crippen LogP contribution in [0.1, 0.15) is 11.5 Å². The highest BCUT2D eigenvalue weighted by molar-refractivity contribution is 7.98. The Hall–Kier alpha value is -2.25. The van der Waals surface area contributed by atoms with Crippen molar-refractivity contribution in [1.82, 2.24) is 14.9 Å². The standard InChI is InChI=1S/C15H13ClN4O2S/c1-23-15-19-17-10-20(15)18-8-13-5-6-14(22-13)9-21-12-4-2-3-11(16)7-12/h2-8,10H,9H2,1H3. The topological polar surface area (TPSA) is 65.4 Å². The number of furan rings is 1. The van der Waals surface area contributed by atoms with Gasteiger partial charge in [-0.15, -0.1) is 10.2 Å². The molecule has 1 aromatic carbocycles. The van der Waals surface area contributed by atoms with Crippen molar-refractivity contribution in [2.75, 3.05) is 6.26 Å². The van der Waals surface area contributed by atoms with Crippen LogP contribution in [0.15, 0.2) is 57.4 Å². The second kappa shape index (κ2) is 7.34. The third-order valence-electron chi connectivity index (χ3n) is 2.85. The van der Waals surface area contributed by atoms with Crippen LogP contribution in [0.3, 0.4) is 0 Å². The van der Waals surface area contributed by atoms with Gasteiger partial charge in [-0.05, 0) is 36.6 Å². The maximum Gasteiger partial charge on any atom is 0.211 e. The van der Waals surface area contributed by atoms with Crippen molar-refractivity contribution in [1.29, 1.82) is 0 Å². The van der Waals surface area contributed by atoms with Crippen LogP contribution in [0.2, 0.25) is 5.02 Å². The van der Waals surface area contributed by atoms with Crippen LogP contribution >= 0.6 is 23.4 Å². The summed E-state index contributed by atoms with van der Waals surface area (Å²) in [5.41, 5.74) is 0. The molecule has 3 aromatic rings. The summed E-state index contributed by atoms with van der Waals surface area (Å²) in [6.07, 6.45) is 5.05. The number of hydrogen-bond acceptors (Lipinski definition) is 6. The Bertz CT molecular complexity index is 815. The van der Waals surface area contributed by atoms with E-state index in [4.69, 9.17) is 20.8 Å². The van der Waals surface area contributed by atoms with E-state index < -0.39 is 0 Å². The molecule has 0 radical (unpaired) electrons. The van der Waals surface area contributed by atoms with E-state index in [0.717, 1.165) is 0 Å². The van der Waals surface area contributed by atoms with Gasteiger partial charge < -0.3 is 9.15 Å². The van der Waals surface area contributed by atoms with Gasteiger partial charge in [-0.3, -0.25) is 0 Å². The summed E-state index contributed by atoms with van der Waals surface area (Å²) in [4.78, 5) is 0. The first kappa shape index (κ1) is 15.6. The lowest BCUT2D eigenvalue weighted by Gasteiger charge is -2.03. The van der Waals surface area contributed by atoms with Gasteiger partial charge >= 0.3 is 0 Å². The van der Waals surface area contributed by atoms with Crippen molar-refractivity contribution in [2.24, 2.45) is 5.10 Å². The van der Waals surface area contributed by atoms with Crippen LogP contribution < -0.4 is 4.74 Å². The Morgan fingerprint density at radius 1 is 1.39 bits per heavy atom. The van der Waals surface area contributed by atoms with E-state index >= 15 is 0 Å². The first-order valence-corrected chi connectivity index (χ1v) is 8.30. The number of benzene rings is 1. The molecule has 0 unspecified atom stereocenters. The maximum absolute atomic E-state index is 5.91. The van der Waals surface area contributed by atoms with E-state index in [2.05, 4.69) is 15.3 Å². The van der Waals surface area contributed by atoms with Crippen LogP contribution in [0.25, 0.3) is 0 Å². The number of halogens is 1. The molecular formula is C15H13ClN4O2S. The zero-order chi connectivity index (χ0) is 16.1. The second-order valence-corrected chi connectivity index (χ2v) is 5.67. The molecule has 3 rings (SSSR count). The summed E-state index contributed by atoms with van der Waals surface area (Å²) in [5, 5.41) is 13.3. The molecule has 8 heteroatoms. The van der Waals surface area contributed by atoms with Gasteiger partial charge in [0.15, 0.2) is 0 Å². The predicted octanol–water partition coefficient (Wildman–Crippen LogP) is 3.71. The van der Waals surface area contributed by atoms with Gasteiger partial charge in [-0.1, -0.05) is 29.4 Å². The maximum atomic E-state index is 5.91. The van der Waals surface area contributed by atoms with Crippen molar-refractivity contribution >= 4 is 29.6 Å². The SMILES string of the molecule is CSc1nncn1N=Cc1ccc(COc2cccc(Cl)c2)o1. The van der Waals surface area contributed by atoms with E-state index in [1.807, 2.05) is 30.5 Å². The summed E-state index contributed by atoms with van der Waals surface area (Å²) in [7, 11) is 0. The fourth-order valence-corrected chi connectivity index (χ4v) is 2.40. The third-order valence-corrected chi connectivity index (χ3v) is 3.72. The molecule has 0 atom stereocenters. The lowest BCUT2D eigenvalue weighted by atomic mass is 10.3. The van der Waals surface area contributed by atoms with Crippen LogP contribution in [-0.2, 0) is 6.61 Å². The monoisotopic (exact) mass is 348 g/mol. The largest absolute Gasteiger partial charge is 0.486 e. The van der Waals surface area contributed by atoms with Gasteiger partial charge in [-0.25, -0.2) is 0 Å². The van der Waals surface area contributed by atoms with E-state index in [9.17, 15) is 0 Å². The zero-order valence-corrected chi connectivity index (χ0v) is 13.8. The molecule has 0 aliphatic heterocycles. The van der Waals surface area contributed by atoms with Crippen LogP contribution in [0.4, 0.5) is 0 Å². The fraction of sp³-hybridized carbons (Fsp3) is 0.133. The van der Waals surface area contributed by atoms with Gasteiger partial charge in [-0.2, -0.15) is 9.78 Å². The van der Waals surface area contributed by atoms with Crippen molar-refractivity contribution < 1.29 is 9.15 Å². The molecule has 0 aliphatic rings. The fourth-order valence-electron chi connectivity index (χ4n) is 1.80. The average Bonchev–Trinajstić information content (AvgIpc) is 3.20. The van der Waals surface area contributed by atoms with Gasteiger partial charge in [0.1, 0.15) is 30.2 Å². The molecule has 23 heavy (non-hydrogen) atoms. The zero-order valence-electron chi connectivity index (χ0n) is 12.2. The van der Waals surface area contributed by atoms with Gasteiger partial charge in [0, 0.05) is 5.02 Å². The Morgan fingerprint density at radius 3 is 3.13 bits per heavy atom. The van der Waals surface area contributed by atoms with E-state index in [0.29, 0.717) is 34.1 Å². The number of nitrogens with zero attached hydrogens (tertiary/aromatic N) is 4. The molecule has 118 valence electrons. The van der Waals surface area contributed by atoms with Crippen molar-refractivity contribution in [3.63, 3.8) is 0 Å². The number of hydrogen-bond donors (Lipinski definition) is 0. The summed E-state index contributed by atoms with van der Waals surface area (Å²) in [5.74, 6) is 2.01. The van der Waals surface area contributed by atoms with E-state index in [1.54, 1.807) is 23.0 Å². The third kappa shape index (κ3) is 4.14. The quantitative estimate of drug-likeness (QED) is 0.502. The molecule has 0 saturated heterocycles. The number of aromatic nitrogens is 3. The molecule has 0 bridgehead atoms. The minimum absolute atomic E-state index is 0.316. The molecule has 0 saturated carbocycles. The Morgan fingerprint density at radius 2 is 2.30 bits per heavy atom. The number of ether oxygens (including phenoxy) is 1. The lowest BCUT2D eigenvalue weighted by Crippen LogP contribution is -1.93. The first-order chi connectivity index (χ1) is 11.2. The molecule has 0 amide bonds. The molecule has 2 aromatic heterocycles. The summed E-state index contributed by atoms with van der Waals surface area (Å²) >= 11 is 7.37. The predicted molar refractivity (Wildman–Crippen MR) is 89.3 cm³/mol. The highest BCUT2D eigenvalue weighted by Gasteiger charge is 2.03. The lowest BCUT2D eigenvalue weighted by molar-refractivity contribution is 0.270. The van der Waals surface area contributed by atoms with Gasteiger partial charge in [0.2, 0.25) is 5.16 Å². The normalized spacial score (nSPS) is 11.2. The first-order valence-electron chi connectivity index (χ1n) is 6.70. The Balaban J connectivity index is 1.62. The number of rotatable bonds is 6. The summed E-state index contributed by atoms with van der Waals surface area (Å²) < 4.78 is 12.8. The Labute approximate surface area is 142 Å². The van der Waals surface area contributed by atoms with Crippen molar-refractivity contribution in [2.45, 2.75) is 11.8 Å². The Kier molecular flexibility index (Phi) is 4.99. The summed E-state index contributed by atoms with van der Waals surface area (Å²) in [6, 6.07) is 10.9. The molecular weight excluding hydrogens is 336 g/mol. The molecule has 0 fully saturated rings. The minimum Gasteiger partial charge on any atom is -0.486 e. The summed E-state index contributed by atoms with van der Waals surface area (Å²) in [6.45, 7) is 0.316. The average molecular weight is 349 g/mol. The van der Waals surface area contributed by atoms with E-state index in [-0.39, 0.29) is 0 Å². The van der Waals surface area contributed by atoms with Gasteiger partial charge in [0.05, 0.1) is 6.21 Å². The highest BCUT2D eigenvalue weighted by atomic mass is 35.5. The molecule has 6 nitrogen and oxygen atoms in total. The molecule has 0 aliphatic carbocycles. The van der Waals surface area contributed by atoms with Crippen LogP contribution in [0.5, 0.6) is 5.75 Å². The minimum atomic E-state index is 0.316. The van der Waals surface area contributed by atoms with Crippen LogP contribution in [-0.4, -0.2) is 27.3 Å². The second-order valence-electron chi connectivity index (χ2n) is 4.46. The number of thioether (sulfide) groups is 1. The van der Waals surface area contributed by atoms with Crippen molar-refractivity contribution in [3.8, 4) is 5.75 Å². The molecule has 2 heterocycles. The van der Waals surface area contributed by atoms with E-state index in [1.165, 1.54) is 18.1 Å². The molecule has 0 spiro atoms. The smallest absolute Gasteiger partial charge is 0.211 e. The van der Waals surface area contributed by atoms with Crippen LogP contribution in [0, 0.1) is 0 Å². The highest BCUT2D eigenvalue weighted by Crippen LogP contribution is 2.19. The van der Waals surface area contributed by atoms with Crippen molar-refractivity contribution in [3.05, 3.63) is 59.3 Å². The van der Waals surface area contributed by atoms with Gasteiger partial charge in [0.25, 0.3) is 0 Å².